The van der Waals surface area contributed by atoms with Crippen molar-refractivity contribution in [3.05, 3.63) is 47.4 Å². The molecule has 3 aliphatic heterocycles. The maximum atomic E-state index is 14.5. The molecule has 0 spiro atoms. The Balaban J connectivity index is 1.48. The summed E-state index contributed by atoms with van der Waals surface area (Å²) in [4.78, 5) is 16.0. The van der Waals surface area contributed by atoms with Gasteiger partial charge in [0.15, 0.2) is 11.6 Å². The minimum Gasteiger partial charge on any atom is -0.351 e. The zero-order valence-corrected chi connectivity index (χ0v) is 13.8. The van der Waals surface area contributed by atoms with Gasteiger partial charge in [0.2, 0.25) is 0 Å². The molecule has 0 radical (unpaired) electrons. The summed E-state index contributed by atoms with van der Waals surface area (Å²) in [5.74, 6) is -1.32. The van der Waals surface area contributed by atoms with Crippen LogP contribution in [-0.4, -0.2) is 45.0 Å². The van der Waals surface area contributed by atoms with E-state index in [9.17, 15) is 13.2 Å². The Hall–Kier alpha value is -2.22. The third kappa shape index (κ3) is 2.84. The average molecular weight is 349 g/mol. The van der Waals surface area contributed by atoms with Crippen LogP contribution in [0.3, 0.4) is 0 Å². The number of hydrogen-bond acceptors (Lipinski definition) is 5. The lowest BCUT2D eigenvalue weighted by Crippen LogP contribution is -2.68. The molecular formula is C17H18F3N5. The van der Waals surface area contributed by atoms with Crippen molar-refractivity contribution in [2.24, 2.45) is 0 Å². The normalized spacial score (nSPS) is 22.8. The molecule has 3 aliphatic rings. The highest BCUT2D eigenvalue weighted by atomic mass is 19.1. The lowest BCUT2D eigenvalue weighted by Gasteiger charge is -2.56. The molecule has 2 atom stereocenters. The van der Waals surface area contributed by atoms with Crippen molar-refractivity contribution in [3.63, 3.8) is 0 Å². The Labute approximate surface area is 143 Å². The SMILES string of the molecule is CCc1ncnc(N2CC3CC(C2)N3Cc2ncc(F)cc2F)c1F. The van der Waals surface area contributed by atoms with Crippen LogP contribution in [0.25, 0.3) is 0 Å². The van der Waals surface area contributed by atoms with Gasteiger partial charge in [-0.25, -0.2) is 23.1 Å². The highest BCUT2D eigenvalue weighted by molar-refractivity contribution is 5.43. The predicted octanol–water partition coefficient (Wildman–Crippen LogP) is 2.31. The van der Waals surface area contributed by atoms with Gasteiger partial charge in [-0.2, -0.15) is 0 Å². The van der Waals surface area contributed by atoms with Gasteiger partial charge in [0, 0.05) is 37.8 Å². The quantitative estimate of drug-likeness (QED) is 0.848. The zero-order chi connectivity index (χ0) is 17.6. The van der Waals surface area contributed by atoms with Crippen LogP contribution in [0.15, 0.2) is 18.6 Å². The molecule has 3 fully saturated rings. The number of aromatic nitrogens is 3. The third-order valence-electron chi connectivity index (χ3n) is 5.04. The van der Waals surface area contributed by atoms with Crippen LogP contribution in [0.2, 0.25) is 0 Å². The second kappa shape index (κ2) is 6.25. The van der Waals surface area contributed by atoms with Crippen LogP contribution in [0.4, 0.5) is 19.0 Å². The van der Waals surface area contributed by atoms with Crippen LogP contribution >= 0.6 is 0 Å². The van der Waals surface area contributed by atoms with Crippen LogP contribution in [0, 0.1) is 17.5 Å². The first-order chi connectivity index (χ1) is 12.1. The first kappa shape index (κ1) is 16.3. The molecule has 5 heterocycles. The van der Waals surface area contributed by atoms with Gasteiger partial charge in [0.1, 0.15) is 18.0 Å². The highest BCUT2D eigenvalue weighted by Gasteiger charge is 2.45. The molecule has 5 nitrogen and oxygen atoms in total. The van der Waals surface area contributed by atoms with Crippen molar-refractivity contribution in [2.45, 2.75) is 38.4 Å². The van der Waals surface area contributed by atoms with E-state index in [2.05, 4.69) is 19.9 Å². The van der Waals surface area contributed by atoms with Gasteiger partial charge < -0.3 is 4.90 Å². The Bertz CT molecular complexity index is 788. The van der Waals surface area contributed by atoms with E-state index in [0.29, 0.717) is 37.6 Å². The number of piperidine rings is 1. The van der Waals surface area contributed by atoms with E-state index in [1.165, 1.54) is 6.33 Å². The third-order valence-corrected chi connectivity index (χ3v) is 5.04. The second-order valence-electron chi connectivity index (χ2n) is 6.51. The maximum Gasteiger partial charge on any atom is 0.187 e. The lowest BCUT2D eigenvalue weighted by molar-refractivity contribution is -0.0108. The van der Waals surface area contributed by atoms with Gasteiger partial charge in [-0.3, -0.25) is 9.88 Å². The van der Waals surface area contributed by atoms with Crippen LogP contribution in [0.5, 0.6) is 0 Å². The molecular weight excluding hydrogens is 331 g/mol. The Morgan fingerprint density at radius 2 is 1.84 bits per heavy atom. The highest BCUT2D eigenvalue weighted by Crippen LogP contribution is 2.36. The summed E-state index contributed by atoms with van der Waals surface area (Å²) in [6.45, 7) is 3.43. The molecule has 25 heavy (non-hydrogen) atoms. The van der Waals surface area contributed by atoms with Crippen molar-refractivity contribution in [1.29, 1.82) is 0 Å². The summed E-state index contributed by atoms with van der Waals surface area (Å²) in [5.41, 5.74) is 0.657. The molecule has 0 N–H and O–H groups in total. The van der Waals surface area contributed by atoms with E-state index in [-0.39, 0.29) is 23.6 Å². The standard InChI is InChI=1S/C17H18F3N5/c1-2-14-16(20)17(23-9-22-14)24-6-11-4-12(7-24)25(11)8-15-13(19)3-10(18)5-21-15/h3,5,9,11-12H,2,4,6-8H2,1H3. The number of rotatable bonds is 4. The number of nitrogens with zero attached hydrogens (tertiary/aromatic N) is 5. The van der Waals surface area contributed by atoms with Crippen molar-refractivity contribution in [3.8, 4) is 0 Å². The summed E-state index contributed by atoms with van der Waals surface area (Å²) in [7, 11) is 0. The summed E-state index contributed by atoms with van der Waals surface area (Å²) < 4.78 is 41.3. The van der Waals surface area contributed by atoms with Gasteiger partial charge >= 0.3 is 0 Å². The molecule has 0 aromatic carbocycles. The molecule has 0 aliphatic carbocycles. The number of piperazine rings is 1. The molecule has 2 aromatic heterocycles. The van der Waals surface area contributed by atoms with Gasteiger partial charge in [0.05, 0.1) is 17.6 Å². The maximum absolute atomic E-state index is 14.5. The molecule has 8 heteroatoms. The number of fused-ring (bicyclic) bond motifs is 2. The minimum atomic E-state index is -0.679. The summed E-state index contributed by atoms with van der Waals surface area (Å²) in [6.07, 6.45) is 3.92. The van der Waals surface area contributed by atoms with Crippen molar-refractivity contribution < 1.29 is 13.2 Å². The fraction of sp³-hybridized carbons (Fsp3) is 0.471. The molecule has 2 aromatic rings. The summed E-state index contributed by atoms with van der Waals surface area (Å²) >= 11 is 0. The number of anilines is 1. The largest absolute Gasteiger partial charge is 0.351 e. The van der Waals surface area contributed by atoms with Crippen molar-refractivity contribution >= 4 is 5.82 Å². The first-order valence-corrected chi connectivity index (χ1v) is 8.36. The fourth-order valence-electron chi connectivity index (χ4n) is 3.71. The van der Waals surface area contributed by atoms with E-state index in [4.69, 9.17) is 0 Å². The number of pyridine rings is 1. The van der Waals surface area contributed by atoms with Crippen molar-refractivity contribution in [2.75, 3.05) is 18.0 Å². The molecule has 0 saturated carbocycles. The number of aryl methyl sites for hydroxylation is 1. The summed E-state index contributed by atoms with van der Waals surface area (Å²) in [5, 5.41) is 0. The van der Waals surface area contributed by atoms with E-state index >= 15 is 0 Å². The molecule has 2 unspecified atom stereocenters. The second-order valence-corrected chi connectivity index (χ2v) is 6.51. The Morgan fingerprint density at radius 3 is 2.52 bits per heavy atom. The predicted molar refractivity (Wildman–Crippen MR) is 85.5 cm³/mol. The molecule has 0 amide bonds. The van der Waals surface area contributed by atoms with Crippen LogP contribution in [0.1, 0.15) is 24.7 Å². The molecule has 2 bridgehead atoms. The molecule has 3 saturated heterocycles. The van der Waals surface area contributed by atoms with E-state index < -0.39 is 11.6 Å². The average Bonchev–Trinajstić information content (AvgIpc) is 2.61. The number of halogens is 3. The Morgan fingerprint density at radius 1 is 1.08 bits per heavy atom. The fourth-order valence-corrected chi connectivity index (χ4v) is 3.71. The van der Waals surface area contributed by atoms with Gasteiger partial charge in [0.25, 0.3) is 0 Å². The Kier molecular flexibility index (Phi) is 4.07. The smallest absolute Gasteiger partial charge is 0.187 e. The van der Waals surface area contributed by atoms with Gasteiger partial charge in [-0.1, -0.05) is 6.92 Å². The lowest BCUT2D eigenvalue weighted by atomic mass is 9.87. The first-order valence-electron chi connectivity index (χ1n) is 8.36. The van der Waals surface area contributed by atoms with Crippen LogP contribution in [-0.2, 0) is 13.0 Å². The van der Waals surface area contributed by atoms with E-state index in [0.717, 1.165) is 18.7 Å². The topological polar surface area (TPSA) is 45.2 Å². The van der Waals surface area contributed by atoms with Gasteiger partial charge in [-0.05, 0) is 12.8 Å². The monoisotopic (exact) mass is 349 g/mol. The van der Waals surface area contributed by atoms with Crippen molar-refractivity contribution in [1.82, 2.24) is 19.9 Å². The van der Waals surface area contributed by atoms with E-state index in [1.807, 2.05) is 11.8 Å². The number of hydrogen-bond donors (Lipinski definition) is 0. The molecule has 132 valence electrons. The minimum absolute atomic E-state index is 0.185. The zero-order valence-electron chi connectivity index (χ0n) is 13.8. The molecule has 5 rings (SSSR count). The van der Waals surface area contributed by atoms with Gasteiger partial charge in [-0.15, -0.1) is 0 Å². The van der Waals surface area contributed by atoms with E-state index in [1.54, 1.807) is 0 Å². The summed E-state index contributed by atoms with van der Waals surface area (Å²) in [6, 6.07) is 1.22. The van der Waals surface area contributed by atoms with Crippen LogP contribution < -0.4 is 4.90 Å².